The van der Waals surface area contributed by atoms with Gasteiger partial charge in [0, 0.05) is 22.8 Å². The molecule has 11 aromatic rings. The van der Waals surface area contributed by atoms with E-state index in [1.165, 1.54) is 128 Å². The molecule has 0 radical (unpaired) electrons. The van der Waals surface area contributed by atoms with Gasteiger partial charge in [-0.2, -0.15) is 0 Å². The van der Waals surface area contributed by atoms with Crippen LogP contribution in [0.15, 0.2) is 176 Å². The molecule has 1 fully saturated rings. The van der Waals surface area contributed by atoms with Gasteiger partial charge in [-0.15, -0.1) is 0 Å². The van der Waals surface area contributed by atoms with Crippen LogP contribution in [0.4, 0.5) is 11.4 Å². The van der Waals surface area contributed by atoms with Gasteiger partial charge in [-0.25, -0.2) is 0 Å². The molecule has 58 heavy (non-hydrogen) atoms. The fourth-order valence-electron chi connectivity index (χ4n) is 12.3. The molecule has 1 aliphatic heterocycles. The molecule has 274 valence electrons. The second-order valence-corrected chi connectivity index (χ2v) is 17.4. The number of anilines is 2. The van der Waals surface area contributed by atoms with Crippen molar-refractivity contribution in [2.75, 3.05) is 4.90 Å². The summed E-state index contributed by atoms with van der Waals surface area (Å²) < 4.78 is 0. The van der Waals surface area contributed by atoms with E-state index in [0.29, 0.717) is 11.8 Å². The summed E-state index contributed by atoms with van der Waals surface area (Å²) in [7, 11) is 0. The molecule has 3 atom stereocenters. The SMILES string of the molecule is CC1CCC2(C)C1c1cc(-c3ccc4c5c(-c6ccccc6)c6c7cccc8cccc(c6c(-c6ccccc6)c5c5cccc3c54)c87)ccc1N2c1ccccc1. The number of rotatable bonds is 4. The zero-order valence-corrected chi connectivity index (χ0v) is 32.8. The standard InChI is InChI=1S/C57H41N/c1-34-31-32-57(2)56(34)46-33-38(27-30-47(46)58(57)39-21-10-5-11-22-39)40-28-29-45-51-41(40)23-14-26-44(51)54-49(36-15-6-3-7-16-36)52-42-24-12-19-35-20-13-25-43(48(35)42)53(52)50(55(45)54)37-17-8-4-9-18-37/h3-30,33-34,56H,31-32H2,1-2H3. The Morgan fingerprint density at radius 1 is 0.466 bits per heavy atom. The van der Waals surface area contributed by atoms with Crippen molar-refractivity contribution in [3.05, 3.63) is 181 Å². The summed E-state index contributed by atoms with van der Waals surface area (Å²) in [6.45, 7) is 4.98. The van der Waals surface area contributed by atoms with Crippen LogP contribution in [-0.4, -0.2) is 5.54 Å². The lowest BCUT2D eigenvalue weighted by molar-refractivity contribution is 0.414. The lowest BCUT2D eigenvalue weighted by Gasteiger charge is -2.38. The monoisotopic (exact) mass is 739 g/mol. The average Bonchev–Trinajstić information content (AvgIpc) is 3.97. The van der Waals surface area contributed by atoms with Crippen LogP contribution in [0.5, 0.6) is 0 Å². The molecule has 1 nitrogen and oxygen atoms in total. The molecule has 0 spiro atoms. The first-order chi connectivity index (χ1) is 28.6. The van der Waals surface area contributed by atoms with Crippen molar-refractivity contribution >= 4 is 76.0 Å². The summed E-state index contributed by atoms with van der Waals surface area (Å²) in [5.41, 5.74) is 12.1. The third-order valence-corrected chi connectivity index (χ3v) is 14.4. The molecule has 0 saturated heterocycles. The normalized spacial score (nSPS) is 19.1. The van der Waals surface area contributed by atoms with Crippen molar-refractivity contribution in [1.82, 2.24) is 0 Å². The predicted octanol–water partition coefficient (Wildman–Crippen LogP) is 15.9. The van der Waals surface area contributed by atoms with Crippen molar-refractivity contribution < 1.29 is 0 Å². The van der Waals surface area contributed by atoms with Gasteiger partial charge in [-0.1, -0.05) is 159 Å². The zero-order valence-electron chi connectivity index (χ0n) is 32.8. The van der Waals surface area contributed by atoms with Gasteiger partial charge in [0.25, 0.3) is 0 Å². The summed E-state index contributed by atoms with van der Waals surface area (Å²) in [5.74, 6) is 1.11. The Morgan fingerprint density at radius 2 is 1.00 bits per heavy atom. The van der Waals surface area contributed by atoms with Gasteiger partial charge in [-0.3, -0.25) is 0 Å². The quantitative estimate of drug-likeness (QED) is 0.174. The minimum atomic E-state index is 0.0659. The van der Waals surface area contributed by atoms with Crippen LogP contribution in [0.25, 0.3) is 98.0 Å². The molecule has 0 amide bonds. The molecule has 13 rings (SSSR count). The highest BCUT2D eigenvalue weighted by Crippen LogP contribution is 2.62. The highest BCUT2D eigenvalue weighted by molar-refractivity contribution is 6.46. The van der Waals surface area contributed by atoms with E-state index in [4.69, 9.17) is 0 Å². The van der Waals surface area contributed by atoms with E-state index in [0.717, 1.165) is 0 Å². The third kappa shape index (κ3) is 4.11. The third-order valence-electron chi connectivity index (χ3n) is 14.4. The number of benzene rings is 9. The van der Waals surface area contributed by atoms with Crippen LogP contribution in [0, 0.1) is 5.92 Å². The highest BCUT2D eigenvalue weighted by atomic mass is 15.2. The van der Waals surface area contributed by atoms with E-state index in [9.17, 15) is 0 Å². The maximum absolute atomic E-state index is 2.67. The van der Waals surface area contributed by atoms with Gasteiger partial charge in [0.1, 0.15) is 0 Å². The van der Waals surface area contributed by atoms with Crippen molar-refractivity contribution in [3.8, 4) is 33.4 Å². The van der Waals surface area contributed by atoms with E-state index in [1.54, 1.807) is 0 Å². The summed E-state index contributed by atoms with van der Waals surface area (Å²) >= 11 is 0. The minimum absolute atomic E-state index is 0.0659. The first-order valence-electron chi connectivity index (χ1n) is 21.0. The summed E-state index contributed by atoms with van der Waals surface area (Å²) in [5, 5.41) is 16.1. The lowest BCUT2D eigenvalue weighted by Crippen LogP contribution is -2.40. The van der Waals surface area contributed by atoms with Crippen LogP contribution < -0.4 is 4.90 Å². The van der Waals surface area contributed by atoms with Crippen LogP contribution >= 0.6 is 0 Å². The lowest BCUT2D eigenvalue weighted by atomic mass is 9.81. The van der Waals surface area contributed by atoms with E-state index in [1.807, 2.05) is 0 Å². The molecule has 3 unspecified atom stereocenters. The van der Waals surface area contributed by atoms with Gasteiger partial charge in [0.05, 0.1) is 0 Å². The van der Waals surface area contributed by atoms with Crippen LogP contribution in [0.3, 0.4) is 0 Å². The molecule has 0 aromatic heterocycles. The molecule has 1 saturated carbocycles. The molecular formula is C57H41N. The largest absolute Gasteiger partial charge is 0.335 e. The Kier molecular flexibility index (Phi) is 6.52. The first kappa shape index (κ1) is 32.4. The van der Waals surface area contributed by atoms with Gasteiger partial charge in [0.2, 0.25) is 0 Å². The maximum Gasteiger partial charge on any atom is 0.0495 e. The van der Waals surface area contributed by atoms with E-state index < -0.39 is 0 Å². The fourth-order valence-corrected chi connectivity index (χ4v) is 12.3. The number of hydrogen-bond donors (Lipinski definition) is 0. The summed E-state index contributed by atoms with van der Waals surface area (Å²) in [6, 6.07) is 66.5. The molecule has 1 heteroatoms. The molecular weight excluding hydrogens is 699 g/mol. The highest BCUT2D eigenvalue weighted by Gasteiger charge is 2.54. The molecule has 1 heterocycles. The molecule has 0 N–H and O–H groups in total. The minimum Gasteiger partial charge on any atom is -0.335 e. The Labute approximate surface area is 338 Å². The second-order valence-electron chi connectivity index (χ2n) is 17.4. The Morgan fingerprint density at radius 3 is 1.62 bits per heavy atom. The van der Waals surface area contributed by atoms with Gasteiger partial charge < -0.3 is 4.90 Å². The molecule has 0 bridgehead atoms. The van der Waals surface area contributed by atoms with Gasteiger partial charge >= 0.3 is 0 Å². The average molecular weight is 740 g/mol. The van der Waals surface area contributed by atoms with Crippen molar-refractivity contribution in [2.45, 2.75) is 38.1 Å². The van der Waals surface area contributed by atoms with Crippen molar-refractivity contribution in [1.29, 1.82) is 0 Å². The van der Waals surface area contributed by atoms with E-state index >= 15 is 0 Å². The predicted molar refractivity (Wildman–Crippen MR) is 248 cm³/mol. The van der Waals surface area contributed by atoms with Gasteiger partial charge in [-0.05, 0) is 154 Å². The Bertz CT molecular complexity index is 3290. The number of para-hydroxylation sites is 1. The molecule has 11 aromatic carbocycles. The number of nitrogens with zero attached hydrogens (tertiary/aromatic N) is 1. The van der Waals surface area contributed by atoms with Crippen LogP contribution in [-0.2, 0) is 0 Å². The van der Waals surface area contributed by atoms with Gasteiger partial charge in [0.15, 0.2) is 0 Å². The van der Waals surface area contributed by atoms with E-state index in [-0.39, 0.29) is 5.54 Å². The van der Waals surface area contributed by atoms with Crippen LogP contribution in [0.2, 0.25) is 0 Å². The molecule has 2 aliphatic rings. The van der Waals surface area contributed by atoms with Crippen molar-refractivity contribution in [2.24, 2.45) is 5.92 Å². The summed E-state index contributed by atoms with van der Waals surface area (Å²) in [4.78, 5) is 2.67. The topological polar surface area (TPSA) is 3.24 Å². The molecule has 1 aliphatic carbocycles. The second kappa shape index (κ2) is 11.7. The Hall–Kier alpha value is -6.70. The fraction of sp³-hybridized carbons (Fsp3) is 0.123. The number of hydrogen-bond acceptors (Lipinski definition) is 1. The van der Waals surface area contributed by atoms with Crippen LogP contribution in [0.1, 0.15) is 38.2 Å². The zero-order chi connectivity index (χ0) is 38.3. The smallest absolute Gasteiger partial charge is 0.0495 e. The summed E-state index contributed by atoms with van der Waals surface area (Å²) in [6.07, 6.45) is 2.46. The van der Waals surface area contributed by atoms with E-state index in [2.05, 4.69) is 195 Å². The van der Waals surface area contributed by atoms with Crippen molar-refractivity contribution in [3.63, 3.8) is 0 Å². The first-order valence-corrected chi connectivity index (χ1v) is 21.0. The maximum atomic E-state index is 2.67. The Balaban J connectivity index is 1.15. The number of fused-ring (bicyclic) bond motifs is 9.